The molecule has 0 saturated heterocycles. The van der Waals surface area contributed by atoms with Crippen LogP contribution in [0.25, 0.3) is 0 Å². The summed E-state index contributed by atoms with van der Waals surface area (Å²) >= 11 is 0. The molecular formula is C20H23NO3. The molecular weight excluding hydrogens is 302 g/mol. The number of allylic oxidation sites excluding steroid dienone is 4. The maximum absolute atomic E-state index is 12.9. The van der Waals surface area contributed by atoms with Crippen LogP contribution in [-0.4, -0.2) is 17.0 Å². The van der Waals surface area contributed by atoms with Crippen LogP contribution in [-0.2, 0) is 9.59 Å². The van der Waals surface area contributed by atoms with Gasteiger partial charge in [-0.25, -0.2) is 0 Å². The summed E-state index contributed by atoms with van der Waals surface area (Å²) in [4.78, 5) is 24.7. The molecule has 4 heteroatoms. The Morgan fingerprint density at radius 1 is 1.04 bits per heavy atom. The number of rotatable bonds is 3. The molecule has 1 fully saturated rings. The van der Waals surface area contributed by atoms with E-state index < -0.39 is 17.8 Å². The number of fused-ring (bicyclic) bond motifs is 2. The van der Waals surface area contributed by atoms with Gasteiger partial charge in [0.05, 0.1) is 11.8 Å². The summed E-state index contributed by atoms with van der Waals surface area (Å²) < 4.78 is 0. The van der Waals surface area contributed by atoms with E-state index in [0.717, 1.165) is 28.0 Å². The Morgan fingerprint density at radius 2 is 1.67 bits per heavy atom. The normalized spacial score (nSPS) is 27.4. The highest BCUT2D eigenvalue weighted by Crippen LogP contribution is 2.53. The van der Waals surface area contributed by atoms with Gasteiger partial charge in [-0.3, -0.25) is 9.59 Å². The number of anilines is 1. The molecule has 2 bridgehead atoms. The van der Waals surface area contributed by atoms with E-state index >= 15 is 0 Å². The van der Waals surface area contributed by atoms with Gasteiger partial charge < -0.3 is 10.4 Å². The lowest BCUT2D eigenvalue weighted by molar-refractivity contribution is -0.146. The fourth-order valence-electron chi connectivity index (χ4n) is 4.13. The van der Waals surface area contributed by atoms with Gasteiger partial charge in [-0.2, -0.15) is 0 Å². The van der Waals surface area contributed by atoms with Crippen molar-refractivity contribution in [3.8, 4) is 0 Å². The molecule has 2 aliphatic carbocycles. The van der Waals surface area contributed by atoms with Crippen molar-refractivity contribution in [1.82, 2.24) is 0 Å². The third-order valence-corrected chi connectivity index (χ3v) is 5.22. The standard InChI is InChI=1S/C20H23NO3/c1-10(2)16-13-7-8-14(16)18(20(23)24)17(13)19(22)21-15-9-11(3)5-6-12(15)4/h5-9,13-14,17-18H,1-4H3,(H,21,22)(H,23,24)/t13-,14-,17+,18-/m1/s1. The van der Waals surface area contributed by atoms with Crippen LogP contribution in [0.3, 0.4) is 0 Å². The molecule has 0 heterocycles. The molecule has 1 aromatic carbocycles. The van der Waals surface area contributed by atoms with Crippen molar-refractivity contribution in [2.24, 2.45) is 23.7 Å². The Hall–Kier alpha value is -2.36. The summed E-state index contributed by atoms with van der Waals surface area (Å²) in [7, 11) is 0. The molecule has 3 rings (SSSR count). The molecule has 126 valence electrons. The number of carbonyl (C=O) groups is 2. The van der Waals surface area contributed by atoms with E-state index in [2.05, 4.69) is 5.32 Å². The molecule has 1 amide bonds. The van der Waals surface area contributed by atoms with E-state index in [-0.39, 0.29) is 17.7 Å². The summed E-state index contributed by atoms with van der Waals surface area (Å²) in [6.45, 7) is 7.89. The highest BCUT2D eigenvalue weighted by molar-refractivity contribution is 5.97. The second-order valence-corrected chi connectivity index (χ2v) is 7.09. The molecule has 4 nitrogen and oxygen atoms in total. The molecule has 4 atom stereocenters. The quantitative estimate of drug-likeness (QED) is 0.833. The van der Waals surface area contributed by atoms with Gasteiger partial charge in [0.25, 0.3) is 0 Å². The summed E-state index contributed by atoms with van der Waals surface area (Å²) in [5.74, 6) is -2.60. The van der Waals surface area contributed by atoms with Crippen LogP contribution in [0.15, 0.2) is 41.5 Å². The second kappa shape index (κ2) is 5.93. The van der Waals surface area contributed by atoms with Crippen molar-refractivity contribution in [3.63, 3.8) is 0 Å². The van der Waals surface area contributed by atoms with E-state index in [9.17, 15) is 14.7 Å². The molecule has 0 radical (unpaired) electrons. The van der Waals surface area contributed by atoms with Gasteiger partial charge in [-0.1, -0.05) is 35.4 Å². The van der Waals surface area contributed by atoms with E-state index in [0.29, 0.717) is 0 Å². The number of hydrogen-bond acceptors (Lipinski definition) is 2. The minimum absolute atomic E-state index is 0.105. The Balaban J connectivity index is 1.94. The van der Waals surface area contributed by atoms with Gasteiger partial charge in [0.2, 0.25) is 5.91 Å². The number of hydrogen-bond donors (Lipinski definition) is 2. The number of aliphatic carboxylic acids is 1. The van der Waals surface area contributed by atoms with Crippen molar-refractivity contribution in [2.75, 3.05) is 5.32 Å². The first-order valence-corrected chi connectivity index (χ1v) is 8.27. The molecule has 0 aromatic heterocycles. The number of carboxylic acid groups (broad SMARTS) is 1. The van der Waals surface area contributed by atoms with Crippen LogP contribution in [0.5, 0.6) is 0 Å². The molecule has 1 aromatic rings. The summed E-state index contributed by atoms with van der Waals surface area (Å²) in [6, 6.07) is 5.88. The zero-order chi connectivity index (χ0) is 17.6. The molecule has 0 unspecified atom stereocenters. The van der Waals surface area contributed by atoms with Crippen LogP contribution in [0.4, 0.5) is 5.69 Å². The van der Waals surface area contributed by atoms with Gasteiger partial charge >= 0.3 is 5.97 Å². The minimum Gasteiger partial charge on any atom is -0.481 e. The average molecular weight is 325 g/mol. The molecule has 1 saturated carbocycles. The third-order valence-electron chi connectivity index (χ3n) is 5.22. The maximum Gasteiger partial charge on any atom is 0.308 e. The predicted octanol–water partition coefficient (Wildman–Crippen LogP) is 3.71. The number of carbonyl (C=O) groups excluding carboxylic acids is 1. The monoisotopic (exact) mass is 325 g/mol. The van der Waals surface area contributed by atoms with Crippen molar-refractivity contribution < 1.29 is 14.7 Å². The highest BCUT2D eigenvalue weighted by Gasteiger charge is 2.54. The summed E-state index contributed by atoms with van der Waals surface area (Å²) in [5.41, 5.74) is 5.01. The van der Waals surface area contributed by atoms with Crippen LogP contribution in [0.2, 0.25) is 0 Å². The summed E-state index contributed by atoms with van der Waals surface area (Å²) in [6.07, 6.45) is 3.95. The largest absolute Gasteiger partial charge is 0.481 e. The molecule has 24 heavy (non-hydrogen) atoms. The Kier molecular flexibility index (Phi) is 4.08. The van der Waals surface area contributed by atoms with Gasteiger partial charge in [0, 0.05) is 17.5 Å². The lowest BCUT2D eigenvalue weighted by Crippen LogP contribution is -2.36. The number of benzene rings is 1. The average Bonchev–Trinajstić information content (AvgIpc) is 3.06. The van der Waals surface area contributed by atoms with E-state index in [1.165, 1.54) is 0 Å². The zero-order valence-corrected chi connectivity index (χ0v) is 14.5. The van der Waals surface area contributed by atoms with Crippen LogP contribution >= 0.6 is 0 Å². The first-order chi connectivity index (χ1) is 11.3. The van der Waals surface area contributed by atoms with Gasteiger partial charge in [-0.05, 0) is 44.9 Å². The minimum atomic E-state index is -0.897. The van der Waals surface area contributed by atoms with Gasteiger partial charge in [0.1, 0.15) is 0 Å². The van der Waals surface area contributed by atoms with Gasteiger partial charge in [0.15, 0.2) is 0 Å². The number of amides is 1. The second-order valence-electron chi connectivity index (χ2n) is 7.09. The topological polar surface area (TPSA) is 66.4 Å². The lowest BCUT2D eigenvalue weighted by atomic mass is 9.82. The first kappa shape index (κ1) is 16.5. The van der Waals surface area contributed by atoms with Crippen molar-refractivity contribution >= 4 is 17.6 Å². The predicted molar refractivity (Wildman–Crippen MR) is 93.7 cm³/mol. The molecule has 2 N–H and O–H groups in total. The van der Waals surface area contributed by atoms with Crippen molar-refractivity contribution in [1.29, 1.82) is 0 Å². The first-order valence-electron chi connectivity index (χ1n) is 8.27. The number of aryl methyl sites for hydroxylation is 2. The van der Waals surface area contributed by atoms with Crippen LogP contribution < -0.4 is 5.32 Å². The SMILES string of the molecule is CC(C)=C1[C@H]2C=C[C@H]1[C@@H](C(=O)O)[C@H]2C(=O)Nc1cc(C)ccc1C. The van der Waals surface area contributed by atoms with Crippen molar-refractivity contribution in [3.05, 3.63) is 52.6 Å². The van der Waals surface area contributed by atoms with Crippen LogP contribution in [0, 0.1) is 37.5 Å². The zero-order valence-electron chi connectivity index (χ0n) is 14.5. The van der Waals surface area contributed by atoms with Gasteiger partial charge in [-0.15, -0.1) is 0 Å². The number of nitrogens with one attached hydrogen (secondary N) is 1. The van der Waals surface area contributed by atoms with E-state index in [1.807, 2.05) is 58.0 Å². The fraction of sp³-hybridized carbons (Fsp3) is 0.400. The molecule has 0 aliphatic heterocycles. The van der Waals surface area contributed by atoms with E-state index in [4.69, 9.17) is 0 Å². The summed E-state index contributed by atoms with van der Waals surface area (Å²) in [5, 5.41) is 12.6. The van der Waals surface area contributed by atoms with E-state index in [1.54, 1.807) is 0 Å². The highest BCUT2D eigenvalue weighted by atomic mass is 16.4. The van der Waals surface area contributed by atoms with Crippen molar-refractivity contribution in [2.45, 2.75) is 27.7 Å². The van der Waals surface area contributed by atoms with Crippen LogP contribution in [0.1, 0.15) is 25.0 Å². The Labute approximate surface area is 142 Å². The number of carboxylic acids is 1. The Morgan fingerprint density at radius 3 is 2.25 bits per heavy atom. The Bertz CT molecular complexity index is 771. The third kappa shape index (κ3) is 2.56. The smallest absolute Gasteiger partial charge is 0.308 e. The maximum atomic E-state index is 12.9. The fourth-order valence-corrected chi connectivity index (χ4v) is 4.13. The lowest BCUT2D eigenvalue weighted by Gasteiger charge is -2.23. The molecule has 2 aliphatic rings. The molecule has 0 spiro atoms.